The van der Waals surface area contributed by atoms with E-state index in [9.17, 15) is 4.79 Å². The Kier molecular flexibility index (Phi) is 3.66. The maximum Gasteiger partial charge on any atom is 0.303 e. The van der Waals surface area contributed by atoms with Gasteiger partial charge in [-0.05, 0) is 30.7 Å². The van der Waals surface area contributed by atoms with Gasteiger partial charge in [-0.2, -0.15) is 0 Å². The van der Waals surface area contributed by atoms with Crippen LogP contribution in [0.25, 0.3) is 10.7 Å². The molecule has 0 radical (unpaired) electrons. The van der Waals surface area contributed by atoms with Crippen LogP contribution in [-0.4, -0.2) is 36.3 Å². The van der Waals surface area contributed by atoms with E-state index in [1.807, 2.05) is 13.8 Å². The molecular weight excluding hydrogens is 254 g/mol. The minimum absolute atomic E-state index is 0.111. The Balaban J connectivity index is 2.17. The molecule has 18 heavy (non-hydrogen) atoms. The molecule has 1 N–H and O–H groups in total. The lowest BCUT2D eigenvalue weighted by molar-refractivity contribution is -0.137. The number of rotatable bonds is 5. The minimum atomic E-state index is -0.811. The summed E-state index contributed by atoms with van der Waals surface area (Å²) >= 11 is 1.54. The molecule has 2 aromatic heterocycles. The fraction of sp³-hybridized carbons (Fsp3) is 0.500. The fourth-order valence-corrected chi connectivity index (χ4v) is 2.55. The van der Waals surface area contributed by atoms with E-state index >= 15 is 0 Å². The molecule has 2 heterocycles. The second-order valence-corrected chi connectivity index (χ2v) is 5.07. The first-order chi connectivity index (χ1) is 8.58. The van der Waals surface area contributed by atoms with E-state index in [1.165, 1.54) is 11.3 Å². The molecule has 0 fully saturated rings. The van der Waals surface area contributed by atoms with Crippen molar-refractivity contribution in [3.8, 4) is 10.7 Å². The molecule has 0 atom stereocenters. The van der Waals surface area contributed by atoms with Crippen LogP contribution in [-0.2, 0) is 11.3 Å². The van der Waals surface area contributed by atoms with Crippen molar-refractivity contribution in [3.63, 3.8) is 0 Å². The summed E-state index contributed by atoms with van der Waals surface area (Å²) in [5.74, 6) is -0.155. The zero-order chi connectivity index (χ0) is 13.1. The molecule has 0 amide bonds. The Morgan fingerprint density at radius 2 is 2.22 bits per heavy atom. The predicted molar refractivity (Wildman–Crippen MR) is 65.3 cm³/mol. The molecule has 0 aromatic carbocycles. The van der Waals surface area contributed by atoms with Gasteiger partial charge in [-0.3, -0.25) is 4.79 Å². The van der Waals surface area contributed by atoms with Crippen LogP contribution >= 0.6 is 11.3 Å². The average Bonchev–Trinajstić information content (AvgIpc) is 2.84. The number of tetrazole rings is 1. The van der Waals surface area contributed by atoms with Crippen molar-refractivity contribution in [2.24, 2.45) is 0 Å². The summed E-state index contributed by atoms with van der Waals surface area (Å²) in [5.41, 5.74) is 0.895. The van der Waals surface area contributed by atoms with Gasteiger partial charge in [-0.15, -0.1) is 16.4 Å². The summed E-state index contributed by atoms with van der Waals surface area (Å²) < 4.78 is 1.63. The van der Waals surface area contributed by atoms with Gasteiger partial charge in [-0.25, -0.2) is 9.67 Å². The summed E-state index contributed by atoms with van der Waals surface area (Å²) in [6.07, 6.45) is 0.615. The molecule has 8 heteroatoms. The molecule has 0 spiro atoms. The number of aliphatic carboxylic acids is 1. The lowest BCUT2D eigenvalue weighted by Crippen LogP contribution is -2.05. The molecule has 7 nitrogen and oxygen atoms in total. The van der Waals surface area contributed by atoms with Crippen molar-refractivity contribution in [2.75, 3.05) is 0 Å². The molecular formula is C10H13N5O2S. The van der Waals surface area contributed by atoms with Crippen LogP contribution < -0.4 is 0 Å². The Morgan fingerprint density at radius 3 is 2.83 bits per heavy atom. The van der Waals surface area contributed by atoms with Crippen molar-refractivity contribution < 1.29 is 9.90 Å². The number of hydrogen-bond donors (Lipinski definition) is 1. The number of carbonyl (C=O) groups is 1. The lowest BCUT2D eigenvalue weighted by Gasteiger charge is -2.01. The molecule has 2 aromatic rings. The summed E-state index contributed by atoms with van der Waals surface area (Å²) in [6.45, 7) is 4.33. The van der Waals surface area contributed by atoms with Crippen LogP contribution in [0.2, 0.25) is 0 Å². The van der Waals surface area contributed by atoms with E-state index in [-0.39, 0.29) is 6.42 Å². The first-order valence-corrected chi connectivity index (χ1v) is 6.32. The summed E-state index contributed by atoms with van der Waals surface area (Å²) in [4.78, 5) is 15.7. The molecule has 96 valence electrons. The van der Waals surface area contributed by atoms with Crippen LogP contribution in [0, 0.1) is 13.8 Å². The van der Waals surface area contributed by atoms with Gasteiger partial charge in [0.05, 0.1) is 15.6 Å². The van der Waals surface area contributed by atoms with E-state index in [0.717, 1.165) is 15.6 Å². The van der Waals surface area contributed by atoms with Gasteiger partial charge in [-0.1, -0.05) is 0 Å². The zero-order valence-electron chi connectivity index (χ0n) is 10.1. The first kappa shape index (κ1) is 12.6. The minimum Gasteiger partial charge on any atom is -0.481 e. The van der Waals surface area contributed by atoms with Crippen LogP contribution in [0.15, 0.2) is 0 Å². The second kappa shape index (κ2) is 5.21. The lowest BCUT2D eigenvalue weighted by atomic mass is 10.3. The summed E-state index contributed by atoms with van der Waals surface area (Å²) in [6, 6.07) is 0. The van der Waals surface area contributed by atoms with E-state index in [4.69, 9.17) is 5.11 Å². The molecule has 0 saturated heterocycles. The topological polar surface area (TPSA) is 93.8 Å². The molecule has 0 aliphatic carbocycles. The fourth-order valence-electron chi connectivity index (χ4n) is 1.64. The Labute approximate surface area is 107 Å². The first-order valence-electron chi connectivity index (χ1n) is 5.50. The summed E-state index contributed by atoms with van der Waals surface area (Å²) in [5, 5.41) is 21.1. The number of carboxylic acid groups (broad SMARTS) is 1. The second-order valence-electron chi connectivity index (χ2n) is 3.87. The van der Waals surface area contributed by atoms with Gasteiger partial charge >= 0.3 is 5.97 Å². The highest BCUT2D eigenvalue weighted by Crippen LogP contribution is 2.27. The van der Waals surface area contributed by atoms with Crippen LogP contribution in [0.5, 0.6) is 0 Å². The SMILES string of the molecule is Cc1nc(C)c(-c2nnnn2CCCC(=O)O)s1. The van der Waals surface area contributed by atoms with Crippen LogP contribution in [0.3, 0.4) is 0 Å². The van der Waals surface area contributed by atoms with Crippen molar-refractivity contribution in [1.29, 1.82) is 0 Å². The number of aromatic nitrogens is 5. The third-order valence-electron chi connectivity index (χ3n) is 2.40. The highest BCUT2D eigenvalue weighted by molar-refractivity contribution is 7.15. The molecule has 0 aliphatic heterocycles. The number of thiazole rings is 1. The molecule has 0 unspecified atom stereocenters. The van der Waals surface area contributed by atoms with Gasteiger partial charge in [0.2, 0.25) is 0 Å². The standard InChI is InChI=1S/C10H13N5O2S/c1-6-9(18-7(2)11-6)10-12-13-14-15(10)5-3-4-8(16)17/h3-5H2,1-2H3,(H,16,17). The number of hydrogen-bond acceptors (Lipinski definition) is 6. The Hall–Kier alpha value is -1.83. The van der Waals surface area contributed by atoms with Gasteiger partial charge < -0.3 is 5.11 Å². The molecule has 2 rings (SSSR count). The van der Waals surface area contributed by atoms with Gasteiger partial charge in [0.25, 0.3) is 0 Å². The van der Waals surface area contributed by atoms with E-state index < -0.39 is 5.97 Å². The Bertz CT molecular complexity index is 562. The van der Waals surface area contributed by atoms with Crippen molar-refractivity contribution in [1.82, 2.24) is 25.2 Å². The monoisotopic (exact) mass is 267 g/mol. The predicted octanol–water partition coefficient (Wildman–Crippen LogP) is 1.28. The van der Waals surface area contributed by atoms with Crippen molar-refractivity contribution in [3.05, 3.63) is 10.7 Å². The molecule has 0 aliphatic rings. The van der Waals surface area contributed by atoms with E-state index in [1.54, 1.807) is 4.68 Å². The largest absolute Gasteiger partial charge is 0.481 e. The van der Waals surface area contributed by atoms with Crippen LogP contribution in [0.4, 0.5) is 0 Å². The number of aryl methyl sites for hydroxylation is 3. The van der Waals surface area contributed by atoms with Gasteiger partial charge in [0, 0.05) is 13.0 Å². The van der Waals surface area contributed by atoms with Gasteiger partial charge in [0.15, 0.2) is 5.82 Å². The van der Waals surface area contributed by atoms with E-state index in [0.29, 0.717) is 18.8 Å². The van der Waals surface area contributed by atoms with Crippen molar-refractivity contribution >= 4 is 17.3 Å². The third-order valence-corrected chi connectivity index (χ3v) is 3.47. The average molecular weight is 267 g/mol. The number of nitrogens with zero attached hydrogens (tertiary/aromatic N) is 5. The molecule has 0 bridgehead atoms. The number of carboxylic acids is 1. The maximum absolute atomic E-state index is 10.5. The van der Waals surface area contributed by atoms with E-state index in [2.05, 4.69) is 20.5 Å². The van der Waals surface area contributed by atoms with Gasteiger partial charge in [0.1, 0.15) is 0 Å². The highest BCUT2D eigenvalue weighted by Gasteiger charge is 2.15. The molecule has 0 saturated carbocycles. The van der Waals surface area contributed by atoms with Crippen molar-refractivity contribution in [2.45, 2.75) is 33.2 Å². The zero-order valence-corrected chi connectivity index (χ0v) is 10.9. The highest BCUT2D eigenvalue weighted by atomic mass is 32.1. The summed E-state index contributed by atoms with van der Waals surface area (Å²) in [7, 11) is 0. The normalized spacial score (nSPS) is 10.8. The smallest absolute Gasteiger partial charge is 0.303 e. The maximum atomic E-state index is 10.5. The third kappa shape index (κ3) is 2.70. The van der Waals surface area contributed by atoms with Crippen LogP contribution in [0.1, 0.15) is 23.5 Å². The quantitative estimate of drug-likeness (QED) is 0.877. The Morgan fingerprint density at radius 1 is 1.44 bits per heavy atom.